The number of halogens is 1. The highest BCUT2D eigenvalue weighted by atomic mass is 35.5. The highest BCUT2D eigenvalue weighted by Crippen LogP contribution is 2.31. The molecule has 146 valence electrons. The van der Waals surface area contributed by atoms with Crippen molar-refractivity contribution in [1.29, 1.82) is 0 Å². The van der Waals surface area contributed by atoms with Gasteiger partial charge in [-0.25, -0.2) is 9.97 Å². The van der Waals surface area contributed by atoms with Gasteiger partial charge in [-0.05, 0) is 36.2 Å². The Kier molecular flexibility index (Phi) is 6.59. The summed E-state index contributed by atoms with van der Waals surface area (Å²) in [4.78, 5) is 23.0. The first-order valence-electron chi connectivity index (χ1n) is 8.79. The molecule has 0 unspecified atom stereocenters. The molecule has 0 aliphatic heterocycles. The summed E-state index contributed by atoms with van der Waals surface area (Å²) in [6.07, 6.45) is 2.29. The van der Waals surface area contributed by atoms with Crippen LogP contribution in [0.1, 0.15) is 18.4 Å². The lowest BCUT2D eigenvalue weighted by molar-refractivity contribution is -0.127. The Balaban J connectivity index is 1.71. The zero-order chi connectivity index (χ0) is 20.1. The van der Waals surface area contributed by atoms with Gasteiger partial charge in [0.25, 0.3) is 0 Å². The number of rotatable bonds is 7. The van der Waals surface area contributed by atoms with Crippen LogP contribution >= 0.6 is 23.4 Å². The van der Waals surface area contributed by atoms with Crippen molar-refractivity contribution in [2.45, 2.75) is 25.0 Å². The summed E-state index contributed by atoms with van der Waals surface area (Å²) < 4.78 is 5.28. The van der Waals surface area contributed by atoms with Crippen molar-refractivity contribution in [2.24, 2.45) is 0 Å². The smallest absolute Gasteiger partial charge is 0.233 e. The fourth-order valence-electron chi connectivity index (χ4n) is 2.72. The summed E-state index contributed by atoms with van der Waals surface area (Å²) >= 11 is 7.25. The lowest BCUT2D eigenvalue weighted by Crippen LogP contribution is -2.27. The van der Waals surface area contributed by atoms with Gasteiger partial charge in [-0.1, -0.05) is 42.4 Å². The van der Waals surface area contributed by atoms with Crippen molar-refractivity contribution in [3.63, 3.8) is 0 Å². The number of benzene rings is 1. The molecular formula is C20H21ClN4O2S. The van der Waals surface area contributed by atoms with Gasteiger partial charge < -0.3 is 15.1 Å². The number of nitrogen functional groups attached to an aromatic ring is 1. The molecule has 2 heterocycles. The van der Waals surface area contributed by atoms with Gasteiger partial charge in [-0.15, -0.1) is 0 Å². The van der Waals surface area contributed by atoms with E-state index in [9.17, 15) is 4.79 Å². The first-order valence-corrected chi connectivity index (χ1v) is 10.2. The molecule has 0 saturated carbocycles. The molecule has 0 atom stereocenters. The second-order valence-corrected chi connectivity index (χ2v) is 7.57. The molecule has 0 aliphatic rings. The third kappa shape index (κ3) is 4.85. The number of aromatic nitrogens is 2. The molecule has 0 aliphatic carbocycles. The number of nitrogens with zero attached hydrogens (tertiary/aromatic N) is 3. The van der Waals surface area contributed by atoms with Gasteiger partial charge in [0.1, 0.15) is 11.6 Å². The average molecular weight is 417 g/mol. The van der Waals surface area contributed by atoms with E-state index in [1.807, 2.05) is 37.3 Å². The quantitative estimate of drug-likeness (QED) is 0.457. The summed E-state index contributed by atoms with van der Waals surface area (Å²) in [7, 11) is 1.74. The molecule has 3 rings (SSSR count). The van der Waals surface area contributed by atoms with E-state index in [0.717, 1.165) is 22.6 Å². The topological polar surface area (TPSA) is 85.2 Å². The molecule has 1 aromatic carbocycles. The molecule has 0 saturated heterocycles. The van der Waals surface area contributed by atoms with E-state index in [4.69, 9.17) is 21.8 Å². The van der Waals surface area contributed by atoms with Crippen molar-refractivity contribution in [2.75, 3.05) is 18.5 Å². The van der Waals surface area contributed by atoms with Gasteiger partial charge in [0.2, 0.25) is 5.91 Å². The minimum Gasteiger partial charge on any atom is -0.467 e. The third-order valence-corrected chi connectivity index (χ3v) is 5.27. The van der Waals surface area contributed by atoms with Crippen LogP contribution in [0.15, 0.2) is 52.2 Å². The predicted molar refractivity (Wildman–Crippen MR) is 112 cm³/mol. The Morgan fingerprint density at radius 2 is 2.00 bits per heavy atom. The van der Waals surface area contributed by atoms with Crippen LogP contribution in [0.2, 0.25) is 5.02 Å². The van der Waals surface area contributed by atoms with E-state index in [2.05, 4.69) is 9.97 Å². The molecule has 2 aromatic heterocycles. The highest BCUT2D eigenvalue weighted by Gasteiger charge is 2.16. The molecule has 0 bridgehead atoms. The molecule has 6 nitrogen and oxygen atoms in total. The van der Waals surface area contributed by atoms with Gasteiger partial charge in [0.05, 0.1) is 24.3 Å². The van der Waals surface area contributed by atoms with E-state index in [0.29, 0.717) is 29.0 Å². The Morgan fingerprint density at radius 1 is 1.25 bits per heavy atom. The molecular weight excluding hydrogens is 396 g/mol. The van der Waals surface area contributed by atoms with Crippen LogP contribution in [0.25, 0.3) is 11.1 Å². The van der Waals surface area contributed by atoms with Gasteiger partial charge in [-0.2, -0.15) is 0 Å². The molecule has 2 N–H and O–H groups in total. The molecule has 8 heteroatoms. The Labute approximate surface area is 173 Å². The van der Waals surface area contributed by atoms with Gasteiger partial charge in [-0.3, -0.25) is 4.79 Å². The molecule has 0 radical (unpaired) electrons. The number of carbonyl (C=O) groups excluding carboxylic acids is 1. The predicted octanol–water partition coefficient (Wildman–Crippen LogP) is 4.29. The maximum Gasteiger partial charge on any atom is 0.233 e. The van der Waals surface area contributed by atoms with Crippen molar-refractivity contribution < 1.29 is 9.21 Å². The number of furan rings is 1. The number of carbonyl (C=O) groups is 1. The van der Waals surface area contributed by atoms with E-state index in [1.54, 1.807) is 24.3 Å². The van der Waals surface area contributed by atoms with Crippen LogP contribution in [-0.4, -0.2) is 33.6 Å². The molecule has 28 heavy (non-hydrogen) atoms. The number of thioether (sulfide) groups is 1. The SMILES string of the molecule is CCc1nc(SCC(=O)N(C)Cc2ccco2)nc(N)c1-c1ccc(Cl)cc1. The lowest BCUT2D eigenvalue weighted by Gasteiger charge is -2.16. The van der Waals surface area contributed by atoms with E-state index < -0.39 is 0 Å². The van der Waals surface area contributed by atoms with Crippen LogP contribution in [0.3, 0.4) is 0 Å². The van der Waals surface area contributed by atoms with Gasteiger partial charge >= 0.3 is 0 Å². The normalized spacial score (nSPS) is 10.8. The van der Waals surface area contributed by atoms with Crippen molar-refractivity contribution in [1.82, 2.24) is 14.9 Å². The molecule has 3 aromatic rings. The number of hydrogen-bond acceptors (Lipinski definition) is 6. The van der Waals surface area contributed by atoms with E-state index in [-0.39, 0.29) is 11.7 Å². The number of amides is 1. The maximum absolute atomic E-state index is 12.4. The van der Waals surface area contributed by atoms with Crippen molar-refractivity contribution in [3.8, 4) is 11.1 Å². The van der Waals surface area contributed by atoms with Crippen LogP contribution in [0, 0.1) is 0 Å². The van der Waals surface area contributed by atoms with Crippen molar-refractivity contribution in [3.05, 3.63) is 59.1 Å². The number of hydrogen-bond donors (Lipinski definition) is 1. The lowest BCUT2D eigenvalue weighted by atomic mass is 10.0. The summed E-state index contributed by atoms with van der Waals surface area (Å²) in [6.45, 7) is 2.43. The van der Waals surface area contributed by atoms with E-state index >= 15 is 0 Å². The van der Waals surface area contributed by atoms with Crippen molar-refractivity contribution >= 4 is 35.1 Å². The second-order valence-electron chi connectivity index (χ2n) is 6.19. The van der Waals surface area contributed by atoms with Gasteiger partial charge in [0, 0.05) is 17.6 Å². The van der Waals surface area contributed by atoms with Crippen LogP contribution in [0.5, 0.6) is 0 Å². The Morgan fingerprint density at radius 3 is 2.64 bits per heavy atom. The fraction of sp³-hybridized carbons (Fsp3) is 0.250. The Bertz CT molecular complexity index is 946. The monoisotopic (exact) mass is 416 g/mol. The molecule has 0 spiro atoms. The average Bonchev–Trinajstić information content (AvgIpc) is 3.19. The number of aryl methyl sites for hydroxylation is 1. The number of nitrogens with two attached hydrogens (primary N) is 1. The first-order chi connectivity index (χ1) is 13.5. The largest absolute Gasteiger partial charge is 0.467 e. The van der Waals surface area contributed by atoms with E-state index in [1.165, 1.54) is 11.8 Å². The first kappa shape index (κ1) is 20.2. The summed E-state index contributed by atoms with van der Waals surface area (Å²) in [5.41, 5.74) is 8.79. The van der Waals surface area contributed by atoms with Crippen LogP contribution < -0.4 is 5.73 Å². The molecule has 0 fully saturated rings. The maximum atomic E-state index is 12.4. The zero-order valence-corrected chi connectivity index (χ0v) is 17.3. The molecule has 1 amide bonds. The minimum atomic E-state index is -0.0385. The standard InChI is InChI=1S/C20H21ClN4O2S/c1-3-16-18(13-6-8-14(21)9-7-13)19(22)24-20(23-16)28-12-17(26)25(2)11-15-5-4-10-27-15/h4-10H,3,11-12H2,1-2H3,(H2,22,23,24). The van der Waals surface area contributed by atoms with Gasteiger partial charge in [0.15, 0.2) is 5.16 Å². The third-order valence-electron chi connectivity index (χ3n) is 4.18. The summed E-state index contributed by atoms with van der Waals surface area (Å²) in [5, 5.41) is 1.15. The Hall–Kier alpha value is -2.51. The second kappa shape index (κ2) is 9.12. The summed E-state index contributed by atoms with van der Waals surface area (Å²) in [6, 6.07) is 11.1. The van der Waals surface area contributed by atoms with Crippen LogP contribution in [0.4, 0.5) is 5.82 Å². The fourth-order valence-corrected chi connectivity index (χ4v) is 3.65. The number of anilines is 1. The zero-order valence-electron chi connectivity index (χ0n) is 15.7. The van der Waals surface area contributed by atoms with Crippen LogP contribution in [-0.2, 0) is 17.8 Å². The minimum absolute atomic E-state index is 0.0385. The highest BCUT2D eigenvalue weighted by molar-refractivity contribution is 7.99. The summed E-state index contributed by atoms with van der Waals surface area (Å²) in [5.74, 6) is 1.32.